The zero-order chi connectivity index (χ0) is 38.4. The number of rotatable bonds is 13. The summed E-state index contributed by atoms with van der Waals surface area (Å²) in [5.74, 6) is -0.325. The number of β-amino-alcohol motifs (C(OH)–C–C–N with tert-alkyl or cyclic N) is 1. The van der Waals surface area contributed by atoms with E-state index in [-0.39, 0.29) is 37.2 Å². The molecule has 2 aliphatic heterocycles. The minimum absolute atomic E-state index is 0.0147. The van der Waals surface area contributed by atoms with E-state index in [1.807, 2.05) is 88.7 Å². The topological polar surface area (TPSA) is 146 Å². The number of aliphatic hydroxyl groups is 1. The van der Waals surface area contributed by atoms with Crippen molar-refractivity contribution < 1.29 is 29.0 Å². The van der Waals surface area contributed by atoms with Crippen LogP contribution < -0.4 is 20.3 Å². The molecule has 14 heteroatoms. The number of carbonyl (C=O) groups is 3. The molecule has 2 saturated heterocycles. The molecular formula is C40H50N6O6S2. The first-order chi connectivity index (χ1) is 25.9. The van der Waals surface area contributed by atoms with Crippen LogP contribution in [0.15, 0.2) is 59.4 Å². The predicted octanol–water partition coefficient (Wildman–Crippen LogP) is 5.61. The van der Waals surface area contributed by atoms with E-state index in [1.54, 1.807) is 22.7 Å². The maximum Gasteiger partial charge on any atom is 0.246 e. The van der Waals surface area contributed by atoms with Gasteiger partial charge in [0.1, 0.15) is 17.8 Å². The first-order valence-electron chi connectivity index (χ1n) is 18.5. The van der Waals surface area contributed by atoms with Crippen LogP contribution in [-0.2, 0) is 19.1 Å². The summed E-state index contributed by atoms with van der Waals surface area (Å²) in [7, 11) is 0. The minimum atomic E-state index is -0.895. The first kappa shape index (κ1) is 39.3. The van der Waals surface area contributed by atoms with Crippen molar-refractivity contribution in [3.05, 3.63) is 70.7 Å². The van der Waals surface area contributed by atoms with E-state index in [0.717, 1.165) is 51.2 Å². The molecule has 4 aromatic rings. The van der Waals surface area contributed by atoms with Crippen LogP contribution in [0.3, 0.4) is 0 Å². The lowest BCUT2D eigenvalue weighted by atomic mass is 9.85. The number of amides is 3. The highest BCUT2D eigenvalue weighted by Crippen LogP contribution is 2.31. The van der Waals surface area contributed by atoms with Crippen molar-refractivity contribution in [3.8, 4) is 27.4 Å². The smallest absolute Gasteiger partial charge is 0.246 e. The van der Waals surface area contributed by atoms with Gasteiger partial charge in [-0.2, -0.15) is 0 Å². The average Bonchev–Trinajstić information content (AvgIpc) is 3.92. The summed E-state index contributed by atoms with van der Waals surface area (Å²) in [6, 6.07) is 13.6. The molecule has 0 bridgehead atoms. The fourth-order valence-corrected chi connectivity index (χ4v) is 8.39. The number of hydrogen-bond donors (Lipinski definition) is 3. The van der Waals surface area contributed by atoms with Crippen LogP contribution in [-0.4, -0.2) is 95.3 Å². The van der Waals surface area contributed by atoms with Crippen LogP contribution >= 0.6 is 22.7 Å². The van der Waals surface area contributed by atoms with Crippen molar-refractivity contribution in [3.63, 3.8) is 0 Å². The number of nitrogens with zero attached hydrogens (tertiary/aromatic N) is 4. The molecule has 0 aliphatic carbocycles. The second kappa shape index (κ2) is 17.4. The summed E-state index contributed by atoms with van der Waals surface area (Å²) in [5, 5.41) is 19.6. The molecule has 0 radical (unpaired) electrons. The van der Waals surface area contributed by atoms with Gasteiger partial charge in [-0.05, 0) is 61.1 Å². The number of aliphatic hydroxyl groups excluding tert-OH is 1. The number of nitrogens with one attached hydrogen (secondary N) is 2. The van der Waals surface area contributed by atoms with E-state index in [9.17, 15) is 19.5 Å². The Hall–Kier alpha value is -4.37. The molecule has 12 nitrogen and oxygen atoms in total. The van der Waals surface area contributed by atoms with E-state index in [4.69, 9.17) is 14.5 Å². The standard InChI is InChI=1S/C40H50N6O6S2/c1-25(27-8-10-29(11-9-27)35-26(2)41-24-54-35)42-37(49)33-21-30(47)22-46(33)38(50)36(40(3,4)5)44-34(48)7-6-18-52-31-14-12-28(13-15-31)32-23-53-39(43-32)45-16-19-51-20-17-45/h8-15,23-25,30,33,36,47H,6-7,16-22H2,1-5H3,(H,42,49)(H,44,48)/t25-,30+,33-,36+/m0/s1. The predicted molar refractivity (Wildman–Crippen MR) is 212 cm³/mol. The first-order valence-corrected chi connectivity index (χ1v) is 20.2. The number of aromatic nitrogens is 2. The van der Waals surface area contributed by atoms with Crippen LogP contribution in [0.1, 0.15) is 64.3 Å². The second-order valence-corrected chi connectivity index (χ2v) is 16.7. The van der Waals surface area contributed by atoms with Crippen molar-refractivity contribution in [1.82, 2.24) is 25.5 Å². The third-order valence-corrected chi connectivity index (χ3v) is 11.7. The number of hydrogen-bond acceptors (Lipinski definition) is 11. The van der Waals surface area contributed by atoms with Crippen LogP contribution in [0.5, 0.6) is 5.75 Å². The van der Waals surface area contributed by atoms with E-state index in [1.165, 1.54) is 4.90 Å². The van der Waals surface area contributed by atoms with Gasteiger partial charge in [-0.1, -0.05) is 45.0 Å². The lowest BCUT2D eigenvalue weighted by molar-refractivity contribution is -0.144. The third kappa shape index (κ3) is 9.64. The maximum atomic E-state index is 14.0. The number of thiazole rings is 2. The third-order valence-electron chi connectivity index (χ3n) is 9.80. The largest absolute Gasteiger partial charge is 0.494 e. The van der Waals surface area contributed by atoms with Gasteiger partial charge in [0, 0.05) is 43.4 Å². The molecule has 3 N–H and O–H groups in total. The van der Waals surface area contributed by atoms with Crippen molar-refractivity contribution in [2.45, 2.75) is 78.1 Å². The quantitative estimate of drug-likeness (QED) is 0.148. The van der Waals surface area contributed by atoms with Gasteiger partial charge in [-0.15, -0.1) is 22.7 Å². The lowest BCUT2D eigenvalue weighted by Gasteiger charge is -2.35. The highest BCUT2D eigenvalue weighted by Gasteiger charge is 2.44. The molecule has 0 spiro atoms. The number of morpholine rings is 1. The zero-order valence-corrected chi connectivity index (χ0v) is 33.2. The van der Waals surface area contributed by atoms with Crippen LogP contribution in [0, 0.1) is 12.3 Å². The summed E-state index contributed by atoms with van der Waals surface area (Å²) in [4.78, 5) is 54.7. The maximum absolute atomic E-state index is 14.0. The molecule has 2 fully saturated rings. The number of likely N-dealkylation sites (tertiary alicyclic amines) is 1. The molecule has 0 unspecified atom stereocenters. The van der Waals surface area contributed by atoms with Gasteiger partial charge >= 0.3 is 0 Å². The minimum Gasteiger partial charge on any atom is -0.494 e. The van der Waals surface area contributed by atoms with Gasteiger partial charge in [0.15, 0.2) is 5.13 Å². The van der Waals surface area contributed by atoms with Gasteiger partial charge < -0.3 is 35.0 Å². The summed E-state index contributed by atoms with van der Waals surface area (Å²) in [5.41, 5.74) is 6.05. The molecule has 0 saturated carbocycles. The monoisotopic (exact) mass is 774 g/mol. The Bertz CT molecular complexity index is 1880. The zero-order valence-electron chi connectivity index (χ0n) is 31.5. The van der Waals surface area contributed by atoms with Crippen molar-refractivity contribution >= 4 is 45.5 Å². The molecule has 6 rings (SSSR count). The van der Waals surface area contributed by atoms with Gasteiger partial charge in [-0.25, -0.2) is 9.97 Å². The molecule has 3 amide bonds. The molecule has 2 aliphatic rings. The lowest BCUT2D eigenvalue weighted by Crippen LogP contribution is -2.57. The molecule has 54 heavy (non-hydrogen) atoms. The number of carbonyl (C=O) groups excluding carboxylic acids is 3. The Morgan fingerprint density at radius 3 is 2.39 bits per heavy atom. The van der Waals surface area contributed by atoms with Crippen molar-refractivity contribution in [2.24, 2.45) is 5.41 Å². The normalized spacial score (nSPS) is 18.6. The number of benzene rings is 2. The highest BCUT2D eigenvalue weighted by molar-refractivity contribution is 7.14. The average molecular weight is 775 g/mol. The Morgan fingerprint density at radius 2 is 1.72 bits per heavy atom. The van der Waals surface area contributed by atoms with E-state index in [2.05, 4.69) is 25.9 Å². The molecule has 2 aromatic heterocycles. The number of anilines is 1. The van der Waals surface area contributed by atoms with Gasteiger partial charge in [-0.3, -0.25) is 14.4 Å². The summed E-state index contributed by atoms with van der Waals surface area (Å²) in [6.45, 7) is 13.0. The van der Waals surface area contributed by atoms with Crippen molar-refractivity contribution in [1.29, 1.82) is 0 Å². The van der Waals surface area contributed by atoms with Gasteiger partial charge in [0.05, 0.1) is 53.7 Å². The molecule has 2 aromatic carbocycles. The molecule has 4 atom stereocenters. The summed E-state index contributed by atoms with van der Waals surface area (Å²) < 4.78 is 11.4. The van der Waals surface area contributed by atoms with Gasteiger partial charge in [0.2, 0.25) is 17.7 Å². The summed E-state index contributed by atoms with van der Waals surface area (Å²) in [6.07, 6.45) is -0.120. The summed E-state index contributed by atoms with van der Waals surface area (Å²) >= 11 is 3.21. The Kier molecular flexibility index (Phi) is 12.7. The van der Waals surface area contributed by atoms with E-state index < -0.39 is 29.5 Å². The second-order valence-electron chi connectivity index (χ2n) is 15.0. The fourth-order valence-electron chi connectivity index (χ4n) is 6.69. The highest BCUT2D eigenvalue weighted by atomic mass is 32.1. The number of ether oxygens (including phenoxy) is 2. The molecule has 4 heterocycles. The Morgan fingerprint density at radius 1 is 1.02 bits per heavy atom. The fraction of sp³-hybridized carbons (Fsp3) is 0.475. The van der Waals surface area contributed by atoms with Crippen molar-refractivity contribution in [2.75, 3.05) is 44.4 Å². The Labute approximate surface area is 324 Å². The molecular weight excluding hydrogens is 725 g/mol. The SMILES string of the molecule is Cc1ncsc1-c1ccc([C@H](C)NC(=O)[C@@H]2C[C@@H](O)CN2C(=O)[C@@H](NC(=O)CCCOc2ccc(-c3csc(N4CCOCC4)n3)cc2)C(C)(C)C)cc1. The van der Waals surface area contributed by atoms with Crippen LogP contribution in [0.4, 0.5) is 5.13 Å². The Balaban J connectivity index is 0.988. The van der Waals surface area contributed by atoms with Gasteiger partial charge in [0.25, 0.3) is 0 Å². The van der Waals surface area contributed by atoms with Crippen LogP contribution in [0.2, 0.25) is 0 Å². The van der Waals surface area contributed by atoms with E-state index >= 15 is 0 Å². The van der Waals surface area contributed by atoms with E-state index in [0.29, 0.717) is 32.0 Å². The van der Waals surface area contributed by atoms with Crippen LogP contribution in [0.25, 0.3) is 21.7 Å². The molecule has 288 valence electrons. The number of aryl methyl sites for hydroxylation is 1.